The van der Waals surface area contributed by atoms with Crippen molar-refractivity contribution in [3.63, 3.8) is 0 Å². The van der Waals surface area contributed by atoms with Crippen LogP contribution in [0.1, 0.15) is 19.3 Å². The molecule has 2 heterocycles. The fourth-order valence-electron chi connectivity index (χ4n) is 3.04. The van der Waals surface area contributed by atoms with Crippen molar-refractivity contribution < 1.29 is 23.8 Å². The third-order valence-corrected chi connectivity index (χ3v) is 4.36. The van der Waals surface area contributed by atoms with Crippen molar-refractivity contribution in [2.24, 2.45) is 0 Å². The second-order valence-electron chi connectivity index (χ2n) is 5.95. The van der Waals surface area contributed by atoms with Crippen LogP contribution < -0.4 is 10.1 Å². The maximum Gasteiger partial charge on any atom is 0.233 e. The molecule has 1 N–H and O–H groups in total. The van der Waals surface area contributed by atoms with Gasteiger partial charge in [-0.2, -0.15) is 0 Å². The lowest BCUT2D eigenvalue weighted by molar-refractivity contribution is -0.187. The molecule has 0 radical (unpaired) electrons. The molecule has 1 aromatic rings. The quantitative estimate of drug-likeness (QED) is 0.842. The summed E-state index contributed by atoms with van der Waals surface area (Å²) in [7, 11) is 1.56. The van der Waals surface area contributed by atoms with Gasteiger partial charge in [0, 0.05) is 37.7 Å². The average molecular weight is 334 g/mol. The number of piperidine rings is 1. The topological polar surface area (TPSA) is 77.1 Å². The largest absolute Gasteiger partial charge is 0.497 e. The van der Waals surface area contributed by atoms with Gasteiger partial charge in [0.1, 0.15) is 12.2 Å². The van der Waals surface area contributed by atoms with Crippen LogP contribution in [0.5, 0.6) is 5.75 Å². The number of likely N-dealkylation sites (tertiary alicyclic amines) is 1. The first kappa shape index (κ1) is 16.7. The van der Waals surface area contributed by atoms with E-state index < -0.39 is 5.79 Å². The summed E-state index contributed by atoms with van der Waals surface area (Å²) in [6.07, 6.45) is 1.12. The van der Waals surface area contributed by atoms with Gasteiger partial charge in [-0.25, -0.2) is 0 Å². The van der Waals surface area contributed by atoms with Gasteiger partial charge in [-0.15, -0.1) is 0 Å². The summed E-state index contributed by atoms with van der Waals surface area (Å²) < 4.78 is 16.4. The molecule has 0 saturated carbocycles. The summed E-state index contributed by atoms with van der Waals surface area (Å²) in [6.45, 7) is 2.31. The van der Waals surface area contributed by atoms with Crippen molar-refractivity contribution >= 4 is 17.5 Å². The molecule has 2 amide bonds. The number of nitrogens with one attached hydrogen (secondary N) is 1. The van der Waals surface area contributed by atoms with E-state index in [4.69, 9.17) is 14.2 Å². The SMILES string of the molecule is COc1cccc(NC(=O)CC(=O)N2CCC3(CC2)OCCO3)c1. The van der Waals surface area contributed by atoms with E-state index >= 15 is 0 Å². The molecule has 1 aromatic carbocycles. The molecule has 7 nitrogen and oxygen atoms in total. The number of nitrogens with zero attached hydrogens (tertiary/aromatic N) is 1. The highest BCUT2D eigenvalue weighted by atomic mass is 16.7. The van der Waals surface area contributed by atoms with Crippen LogP contribution in [0.15, 0.2) is 24.3 Å². The van der Waals surface area contributed by atoms with E-state index in [0.29, 0.717) is 50.6 Å². The number of ether oxygens (including phenoxy) is 3. The Kier molecular flexibility index (Phi) is 5.01. The van der Waals surface area contributed by atoms with E-state index in [1.165, 1.54) is 0 Å². The van der Waals surface area contributed by atoms with Crippen LogP contribution in [0, 0.1) is 0 Å². The molecule has 0 aliphatic carbocycles. The fourth-order valence-corrected chi connectivity index (χ4v) is 3.04. The predicted octanol–water partition coefficient (Wildman–Crippen LogP) is 1.39. The molecular weight excluding hydrogens is 312 g/mol. The van der Waals surface area contributed by atoms with Crippen LogP contribution >= 0.6 is 0 Å². The number of benzene rings is 1. The summed E-state index contributed by atoms with van der Waals surface area (Å²) in [5, 5.41) is 2.72. The first-order valence-electron chi connectivity index (χ1n) is 8.10. The Morgan fingerprint density at radius 1 is 1.25 bits per heavy atom. The Bertz CT molecular complexity index is 603. The summed E-state index contributed by atoms with van der Waals surface area (Å²) in [6, 6.07) is 7.03. The van der Waals surface area contributed by atoms with E-state index in [9.17, 15) is 9.59 Å². The molecule has 24 heavy (non-hydrogen) atoms. The Morgan fingerprint density at radius 3 is 2.62 bits per heavy atom. The summed E-state index contributed by atoms with van der Waals surface area (Å²) in [5.41, 5.74) is 0.609. The maximum atomic E-state index is 12.3. The van der Waals surface area contributed by atoms with Crippen molar-refractivity contribution in [1.29, 1.82) is 0 Å². The van der Waals surface area contributed by atoms with Crippen molar-refractivity contribution in [2.75, 3.05) is 38.7 Å². The van der Waals surface area contributed by atoms with Gasteiger partial charge in [-0.3, -0.25) is 9.59 Å². The van der Waals surface area contributed by atoms with Crippen LogP contribution in [0.2, 0.25) is 0 Å². The van der Waals surface area contributed by atoms with E-state index in [1.807, 2.05) is 0 Å². The molecule has 2 saturated heterocycles. The lowest BCUT2D eigenvalue weighted by atomic mass is 10.0. The number of anilines is 1. The summed E-state index contributed by atoms with van der Waals surface area (Å²) >= 11 is 0. The minimum atomic E-state index is -0.514. The first-order valence-corrected chi connectivity index (χ1v) is 8.10. The van der Waals surface area contributed by atoms with Crippen molar-refractivity contribution in [3.8, 4) is 5.75 Å². The highest BCUT2D eigenvalue weighted by Gasteiger charge is 2.40. The highest BCUT2D eigenvalue weighted by Crippen LogP contribution is 2.31. The smallest absolute Gasteiger partial charge is 0.233 e. The van der Waals surface area contributed by atoms with Crippen LogP contribution in [0.25, 0.3) is 0 Å². The Labute approximate surface area is 140 Å². The van der Waals surface area contributed by atoms with Crippen molar-refractivity contribution in [1.82, 2.24) is 4.90 Å². The number of carbonyl (C=O) groups excluding carboxylic acids is 2. The normalized spacial score (nSPS) is 19.3. The van der Waals surface area contributed by atoms with Gasteiger partial charge in [0.15, 0.2) is 5.79 Å². The molecular formula is C17H22N2O5. The zero-order chi connectivity index (χ0) is 17.0. The lowest BCUT2D eigenvalue weighted by Gasteiger charge is -2.37. The monoisotopic (exact) mass is 334 g/mol. The minimum Gasteiger partial charge on any atom is -0.497 e. The molecule has 2 fully saturated rings. The van der Waals surface area contributed by atoms with E-state index in [2.05, 4.69) is 5.32 Å². The van der Waals surface area contributed by atoms with Gasteiger partial charge < -0.3 is 24.4 Å². The molecule has 0 unspecified atom stereocenters. The molecule has 130 valence electrons. The second-order valence-corrected chi connectivity index (χ2v) is 5.95. The number of amides is 2. The maximum absolute atomic E-state index is 12.3. The van der Waals surface area contributed by atoms with Gasteiger partial charge in [0.25, 0.3) is 0 Å². The fraction of sp³-hybridized carbons (Fsp3) is 0.529. The third-order valence-electron chi connectivity index (χ3n) is 4.36. The number of carbonyl (C=O) groups is 2. The van der Waals surface area contributed by atoms with Gasteiger partial charge in [0.2, 0.25) is 11.8 Å². The van der Waals surface area contributed by atoms with Gasteiger partial charge in [-0.1, -0.05) is 6.07 Å². The molecule has 0 bridgehead atoms. The number of hydrogen-bond donors (Lipinski definition) is 1. The Morgan fingerprint density at radius 2 is 1.96 bits per heavy atom. The Balaban J connectivity index is 1.48. The number of hydrogen-bond acceptors (Lipinski definition) is 5. The molecule has 2 aliphatic rings. The van der Waals surface area contributed by atoms with Crippen LogP contribution in [0.4, 0.5) is 5.69 Å². The van der Waals surface area contributed by atoms with Crippen molar-refractivity contribution in [2.45, 2.75) is 25.0 Å². The molecule has 2 aliphatic heterocycles. The van der Waals surface area contributed by atoms with Crippen LogP contribution in [-0.2, 0) is 19.1 Å². The Hall–Kier alpha value is -2.12. The van der Waals surface area contributed by atoms with Crippen LogP contribution in [0.3, 0.4) is 0 Å². The third kappa shape index (κ3) is 3.85. The van der Waals surface area contributed by atoms with E-state index in [0.717, 1.165) is 0 Å². The van der Waals surface area contributed by atoms with E-state index in [-0.39, 0.29) is 18.2 Å². The molecule has 3 rings (SSSR count). The summed E-state index contributed by atoms with van der Waals surface area (Å²) in [5.74, 6) is -0.373. The zero-order valence-electron chi connectivity index (χ0n) is 13.7. The highest BCUT2D eigenvalue weighted by molar-refractivity contribution is 6.03. The molecule has 0 aromatic heterocycles. The van der Waals surface area contributed by atoms with Gasteiger partial charge in [-0.05, 0) is 12.1 Å². The predicted molar refractivity (Wildman–Crippen MR) is 86.7 cm³/mol. The molecule has 7 heteroatoms. The number of rotatable bonds is 4. The van der Waals surface area contributed by atoms with Gasteiger partial charge in [0.05, 0.1) is 20.3 Å². The molecule has 1 spiro atoms. The molecule has 0 atom stereocenters. The van der Waals surface area contributed by atoms with E-state index in [1.54, 1.807) is 36.3 Å². The second kappa shape index (κ2) is 7.19. The minimum absolute atomic E-state index is 0.175. The van der Waals surface area contributed by atoms with Crippen LogP contribution in [-0.4, -0.2) is 55.9 Å². The summed E-state index contributed by atoms with van der Waals surface area (Å²) in [4.78, 5) is 26.0. The standard InChI is InChI=1S/C17H22N2O5/c1-22-14-4-2-3-13(11-14)18-15(20)12-16(21)19-7-5-17(6-8-19)23-9-10-24-17/h2-4,11H,5-10,12H2,1H3,(H,18,20). The van der Waals surface area contributed by atoms with Crippen molar-refractivity contribution in [3.05, 3.63) is 24.3 Å². The average Bonchev–Trinajstić information content (AvgIpc) is 3.03. The lowest BCUT2D eigenvalue weighted by Crippen LogP contribution is -2.47. The first-order chi connectivity index (χ1) is 11.6. The zero-order valence-corrected chi connectivity index (χ0v) is 13.7. The number of methoxy groups -OCH3 is 1. The van der Waals surface area contributed by atoms with Gasteiger partial charge >= 0.3 is 0 Å².